The Morgan fingerprint density at radius 1 is 1.15 bits per heavy atom. The van der Waals surface area contributed by atoms with E-state index in [-0.39, 0.29) is 23.9 Å². The molecule has 26 heavy (non-hydrogen) atoms. The zero-order valence-electron chi connectivity index (χ0n) is 13.8. The van der Waals surface area contributed by atoms with Crippen LogP contribution in [0, 0.1) is 17.6 Å². The number of amides is 2. The van der Waals surface area contributed by atoms with E-state index in [1.807, 2.05) is 12.1 Å². The van der Waals surface area contributed by atoms with Crippen LogP contribution in [-0.2, 0) is 16.0 Å². The van der Waals surface area contributed by atoms with E-state index in [9.17, 15) is 18.4 Å². The Labute approximate surface area is 154 Å². The van der Waals surface area contributed by atoms with Crippen molar-refractivity contribution >= 4 is 29.1 Å². The molecule has 1 aliphatic heterocycles. The Morgan fingerprint density at radius 2 is 1.88 bits per heavy atom. The molecule has 1 heterocycles. The summed E-state index contributed by atoms with van der Waals surface area (Å²) in [5.74, 6) is -2.99. The molecule has 2 amide bonds. The molecule has 2 aromatic carbocycles. The molecule has 0 bridgehead atoms. The summed E-state index contributed by atoms with van der Waals surface area (Å²) >= 11 is 5.85. The van der Waals surface area contributed by atoms with Crippen molar-refractivity contribution in [3.05, 3.63) is 64.7 Å². The summed E-state index contributed by atoms with van der Waals surface area (Å²) in [5, 5.41) is 3.19. The molecule has 0 radical (unpaired) electrons. The lowest BCUT2D eigenvalue weighted by Crippen LogP contribution is -2.30. The third kappa shape index (κ3) is 4.38. The van der Waals surface area contributed by atoms with Gasteiger partial charge in [-0.15, -0.1) is 0 Å². The lowest BCUT2D eigenvalue weighted by Gasteiger charge is -2.16. The molecule has 0 spiro atoms. The minimum absolute atomic E-state index is 0.0931. The number of anilines is 1. The topological polar surface area (TPSA) is 49.4 Å². The summed E-state index contributed by atoms with van der Waals surface area (Å²) in [5.41, 5.74) is 1.22. The number of halogens is 3. The zero-order chi connectivity index (χ0) is 18.7. The van der Waals surface area contributed by atoms with Gasteiger partial charge in [0.15, 0.2) is 11.6 Å². The minimum Gasteiger partial charge on any atom is -0.342 e. The molecule has 1 atom stereocenters. The lowest BCUT2D eigenvalue weighted by atomic mass is 10.1. The van der Waals surface area contributed by atoms with Gasteiger partial charge in [0.05, 0.1) is 5.92 Å². The Kier molecular flexibility index (Phi) is 5.52. The fourth-order valence-electron chi connectivity index (χ4n) is 2.90. The molecule has 0 saturated carbocycles. The van der Waals surface area contributed by atoms with E-state index in [4.69, 9.17) is 11.6 Å². The summed E-state index contributed by atoms with van der Waals surface area (Å²) in [4.78, 5) is 26.1. The standard InChI is InChI=1S/C19H17ClF2N2O2/c20-14-3-1-12(2-4-14)7-8-24-11-13(9-18(24)25)19(26)23-15-5-6-16(21)17(22)10-15/h1-6,10,13H,7-9,11H2,(H,23,26). The second kappa shape index (κ2) is 7.83. The van der Waals surface area contributed by atoms with Crippen LogP contribution in [-0.4, -0.2) is 29.8 Å². The minimum atomic E-state index is -1.03. The van der Waals surface area contributed by atoms with Crippen LogP contribution in [0.3, 0.4) is 0 Å². The summed E-state index contributed by atoms with van der Waals surface area (Å²) in [6.45, 7) is 0.817. The molecule has 3 rings (SSSR count). The number of benzene rings is 2. The number of carbonyl (C=O) groups is 2. The van der Waals surface area contributed by atoms with Gasteiger partial charge in [0.25, 0.3) is 0 Å². The van der Waals surface area contributed by atoms with Gasteiger partial charge in [-0.2, -0.15) is 0 Å². The second-order valence-electron chi connectivity index (χ2n) is 6.24. The molecule has 1 N–H and O–H groups in total. The maximum absolute atomic E-state index is 13.2. The highest BCUT2D eigenvalue weighted by Crippen LogP contribution is 2.21. The molecule has 1 fully saturated rings. The highest BCUT2D eigenvalue weighted by Gasteiger charge is 2.34. The fourth-order valence-corrected chi connectivity index (χ4v) is 3.02. The van der Waals surface area contributed by atoms with Gasteiger partial charge in [0, 0.05) is 36.3 Å². The van der Waals surface area contributed by atoms with Crippen LogP contribution in [0.1, 0.15) is 12.0 Å². The first-order chi connectivity index (χ1) is 12.4. The summed E-state index contributed by atoms with van der Waals surface area (Å²) in [6, 6.07) is 10.5. The molecule has 0 aliphatic carbocycles. The molecule has 2 aromatic rings. The second-order valence-corrected chi connectivity index (χ2v) is 6.67. The Balaban J connectivity index is 1.55. The average molecular weight is 379 g/mol. The number of likely N-dealkylation sites (tertiary alicyclic amines) is 1. The Bertz CT molecular complexity index is 827. The van der Waals surface area contributed by atoms with Crippen LogP contribution in [0.15, 0.2) is 42.5 Å². The van der Waals surface area contributed by atoms with E-state index in [0.29, 0.717) is 24.5 Å². The fraction of sp³-hybridized carbons (Fsp3) is 0.263. The van der Waals surface area contributed by atoms with Gasteiger partial charge in [-0.1, -0.05) is 23.7 Å². The van der Waals surface area contributed by atoms with E-state index >= 15 is 0 Å². The van der Waals surface area contributed by atoms with Gasteiger partial charge in [-0.25, -0.2) is 8.78 Å². The van der Waals surface area contributed by atoms with Gasteiger partial charge >= 0.3 is 0 Å². The molecule has 1 saturated heterocycles. The van der Waals surface area contributed by atoms with E-state index in [1.165, 1.54) is 6.07 Å². The monoisotopic (exact) mass is 378 g/mol. The number of nitrogens with one attached hydrogen (secondary N) is 1. The first kappa shape index (κ1) is 18.3. The van der Waals surface area contributed by atoms with Gasteiger partial charge in [-0.05, 0) is 36.2 Å². The van der Waals surface area contributed by atoms with Crippen LogP contribution in [0.2, 0.25) is 5.02 Å². The maximum atomic E-state index is 13.2. The van der Waals surface area contributed by atoms with Crippen molar-refractivity contribution < 1.29 is 18.4 Å². The number of carbonyl (C=O) groups excluding carboxylic acids is 2. The van der Waals surface area contributed by atoms with Crippen molar-refractivity contribution in [1.82, 2.24) is 4.90 Å². The van der Waals surface area contributed by atoms with E-state index in [2.05, 4.69) is 5.32 Å². The Morgan fingerprint density at radius 3 is 2.58 bits per heavy atom. The molecular weight excluding hydrogens is 362 g/mol. The number of hydrogen-bond donors (Lipinski definition) is 1. The third-order valence-corrected chi connectivity index (χ3v) is 4.61. The van der Waals surface area contributed by atoms with Gasteiger partial charge in [-0.3, -0.25) is 9.59 Å². The molecule has 1 aliphatic rings. The normalized spacial score (nSPS) is 16.8. The SMILES string of the molecule is O=C(Nc1ccc(F)c(F)c1)C1CC(=O)N(CCc2ccc(Cl)cc2)C1. The molecule has 4 nitrogen and oxygen atoms in total. The van der Waals surface area contributed by atoms with Crippen LogP contribution < -0.4 is 5.32 Å². The van der Waals surface area contributed by atoms with Crippen molar-refractivity contribution in [2.24, 2.45) is 5.92 Å². The van der Waals surface area contributed by atoms with E-state index in [0.717, 1.165) is 17.7 Å². The molecule has 0 aromatic heterocycles. The smallest absolute Gasteiger partial charge is 0.229 e. The summed E-state index contributed by atoms with van der Waals surface area (Å²) < 4.78 is 26.2. The predicted molar refractivity (Wildman–Crippen MR) is 94.8 cm³/mol. The third-order valence-electron chi connectivity index (χ3n) is 4.36. The quantitative estimate of drug-likeness (QED) is 0.863. The highest BCUT2D eigenvalue weighted by molar-refractivity contribution is 6.30. The van der Waals surface area contributed by atoms with Gasteiger partial charge in [0.1, 0.15) is 0 Å². The number of nitrogens with zero attached hydrogens (tertiary/aromatic N) is 1. The van der Waals surface area contributed by atoms with Crippen LogP contribution in [0.25, 0.3) is 0 Å². The Hall–Kier alpha value is -2.47. The van der Waals surface area contributed by atoms with Crippen molar-refractivity contribution in [1.29, 1.82) is 0 Å². The van der Waals surface area contributed by atoms with Crippen LogP contribution in [0.4, 0.5) is 14.5 Å². The predicted octanol–water partition coefficient (Wildman–Crippen LogP) is 3.65. The molecule has 7 heteroatoms. The largest absolute Gasteiger partial charge is 0.342 e. The molecule has 1 unspecified atom stereocenters. The number of rotatable bonds is 5. The van der Waals surface area contributed by atoms with Crippen molar-refractivity contribution in [3.63, 3.8) is 0 Å². The first-order valence-corrected chi connectivity index (χ1v) is 8.58. The lowest BCUT2D eigenvalue weighted by molar-refractivity contribution is -0.128. The maximum Gasteiger partial charge on any atom is 0.229 e. The van der Waals surface area contributed by atoms with Gasteiger partial charge < -0.3 is 10.2 Å². The van der Waals surface area contributed by atoms with Crippen molar-refractivity contribution in [3.8, 4) is 0 Å². The van der Waals surface area contributed by atoms with Crippen molar-refractivity contribution in [2.45, 2.75) is 12.8 Å². The number of hydrogen-bond acceptors (Lipinski definition) is 2. The van der Waals surface area contributed by atoms with E-state index in [1.54, 1.807) is 17.0 Å². The first-order valence-electron chi connectivity index (χ1n) is 8.20. The van der Waals surface area contributed by atoms with E-state index < -0.39 is 17.6 Å². The summed E-state index contributed by atoms with van der Waals surface area (Å²) in [7, 11) is 0. The van der Waals surface area contributed by atoms with Crippen molar-refractivity contribution in [2.75, 3.05) is 18.4 Å². The van der Waals surface area contributed by atoms with Crippen LogP contribution in [0.5, 0.6) is 0 Å². The zero-order valence-corrected chi connectivity index (χ0v) is 14.6. The van der Waals surface area contributed by atoms with Crippen LogP contribution >= 0.6 is 11.6 Å². The molecular formula is C19H17ClF2N2O2. The highest BCUT2D eigenvalue weighted by atomic mass is 35.5. The molecule has 136 valence electrons. The summed E-state index contributed by atoms with van der Waals surface area (Å²) in [6.07, 6.45) is 0.774. The van der Waals surface area contributed by atoms with Gasteiger partial charge in [0.2, 0.25) is 11.8 Å². The average Bonchev–Trinajstić information content (AvgIpc) is 2.99.